The van der Waals surface area contributed by atoms with E-state index >= 15 is 0 Å². The third-order valence-electron chi connectivity index (χ3n) is 6.76. The van der Waals surface area contributed by atoms with Gasteiger partial charge >= 0.3 is 0 Å². The first-order chi connectivity index (χ1) is 13.7. The van der Waals surface area contributed by atoms with Crippen LogP contribution < -0.4 is 10.6 Å². The Bertz CT molecular complexity index is 896. The van der Waals surface area contributed by atoms with Crippen LogP contribution in [0.4, 0.5) is 5.69 Å². The molecule has 2 N–H and O–H groups in total. The number of hydrogen-bond donors (Lipinski definition) is 2. The summed E-state index contributed by atoms with van der Waals surface area (Å²) in [5, 5.41) is 6.49. The van der Waals surface area contributed by atoms with E-state index < -0.39 is 17.4 Å². The molecule has 1 aromatic rings. The minimum atomic E-state index is -1.20. The quantitative estimate of drug-likeness (QED) is 0.736. The van der Waals surface area contributed by atoms with Crippen molar-refractivity contribution in [3.63, 3.8) is 0 Å². The van der Waals surface area contributed by atoms with Gasteiger partial charge in [0.1, 0.15) is 5.54 Å². The fourth-order valence-electron chi connectivity index (χ4n) is 5.29. The van der Waals surface area contributed by atoms with Gasteiger partial charge in [0.15, 0.2) is 0 Å². The zero-order chi connectivity index (χ0) is 21.1. The topological polar surface area (TPSA) is 87.7 Å². The third-order valence-corrected chi connectivity index (χ3v) is 6.76. The van der Waals surface area contributed by atoms with E-state index in [0.29, 0.717) is 12.3 Å². The van der Waals surface area contributed by atoms with E-state index in [9.17, 15) is 14.4 Å². The van der Waals surface area contributed by atoms with Gasteiger partial charge in [0.2, 0.25) is 17.7 Å². The number of ether oxygens (including phenoxy) is 1. The lowest BCUT2D eigenvalue weighted by Crippen LogP contribution is -2.53. The molecule has 4 rings (SSSR count). The molecule has 2 fully saturated rings. The van der Waals surface area contributed by atoms with Crippen LogP contribution in [0.1, 0.15) is 37.0 Å². The Balaban J connectivity index is 1.85. The van der Waals surface area contributed by atoms with Crippen molar-refractivity contribution < 1.29 is 19.1 Å². The number of amides is 3. The molecular weight excluding hydrogens is 370 g/mol. The molecule has 29 heavy (non-hydrogen) atoms. The Morgan fingerprint density at radius 1 is 1.17 bits per heavy atom. The number of imide groups is 1. The molecule has 3 aliphatic rings. The summed E-state index contributed by atoms with van der Waals surface area (Å²) in [6.45, 7) is 8.64. The first-order valence-electron chi connectivity index (χ1n) is 10.3. The molecule has 0 aliphatic carbocycles. The number of carbonyl (C=O) groups is 3. The van der Waals surface area contributed by atoms with Gasteiger partial charge in [-0.05, 0) is 37.3 Å². The van der Waals surface area contributed by atoms with E-state index in [1.165, 1.54) is 4.90 Å². The van der Waals surface area contributed by atoms with E-state index in [-0.39, 0.29) is 36.9 Å². The second-order valence-corrected chi connectivity index (χ2v) is 8.90. The Labute approximate surface area is 171 Å². The second kappa shape index (κ2) is 6.92. The number of anilines is 1. The van der Waals surface area contributed by atoms with E-state index in [1.54, 1.807) is 7.11 Å². The van der Waals surface area contributed by atoms with E-state index in [0.717, 1.165) is 22.4 Å². The molecule has 0 aromatic heterocycles. The number of fused-ring (bicyclic) bond motifs is 4. The molecule has 0 radical (unpaired) electrons. The standard InChI is InChI=1S/C22H29N3O4/c1-11(2)10-15-16-17(20(27)25(19(16)26)8-9-29-5)22(24-15)14-7-6-12(3)13(4)18(14)23-21(22)28/h6-7,11,15-17,24H,8-10H2,1-5H3,(H,23,28)/t15?,16-,17+,22?/m1/s1. The molecule has 156 valence electrons. The van der Waals surface area contributed by atoms with Crippen LogP contribution in [0.5, 0.6) is 0 Å². The summed E-state index contributed by atoms with van der Waals surface area (Å²) in [5.41, 5.74) is 2.41. The van der Waals surface area contributed by atoms with Gasteiger partial charge in [-0.1, -0.05) is 26.0 Å². The minimum Gasteiger partial charge on any atom is -0.383 e. The molecule has 4 atom stereocenters. The molecule has 7 nitrogen and oxygen atoms in total. The summed E-state index contributed by atoms with van der Waals surface area (Å²) in [6, 6.07) is 3.67. The number of carbonyl (C=O) groups excluding carboxylic acids is 3. The number of benzene rings is 1. The number of nitrogens with one attached hydrogen (secondary N) is 2. The van der Waals surface area contributed by atoms with E-state index in [4.69, 9.17) is 4.74 Å². The zero-order valence-electron chi connectivity index (χ0n) is 17.7. The molecule has 1 aromatic carbocycles. The Kier molecular flexibility index (Phi) is 4.78. The molecule has 3 aliphatic heterocycles. The summed E-state index contributed by atoms with van der Waals surface area (Å²) in [4.78, 5) is 41.4. The van der Waals surface area contributed by atoms with Gasteiger partial charge in [-0.2, -0.15) is 0 Å². The molecule has 7 heteroatoms. The normalized spacial score (nSPS) is 30.5. The fraction of sp³-hybridized carbons (Fsp3) is 0.591. The van der Waals surface area contributed by atoms with Gasteiger partial charge in [0.25, 0.3) is 0 Å². The highest BCUT2D eigenvalue weighted by Crippen LogP contribution is 2.54. The average Bonchev–Trinajstić information content (AvgIpc) is 3.22. The minimum absolute atomic E-state index is 0.197. The van der Waals surface area contributed by atoms with Gasteiger partial charge in [0.05, 0.1) is 25.0 Å². The number of nitrogens with zero attached hydrogens (tertiary/aromatic N) is 1. The van der Waals surface area contributed by atoms with Crippen LogP contribution in [-0.4, -0.2) is 48.9 Å². The first kappa shape index (κ1) is 20.0. The first-order valence-corrected chi connectivity index (χ1v) is 10.3. The van der Waals surface area contributed by atoms with Gasteiger partial charge in [-0.15, -0.1) is 0 Å². The molecule has 1 spiro atoms. The fourth-order valence-corrected chi connectivity index (χ4v) is 5.29. The lowest BCUT2D eigenvalue weighted by Gasteiger charge is -2.30. The third kappa shape index (κ3) is 2.67. The van der Waals surface area contributed by atoms with Crippen molar-refractivity contribution in [2.24, 2.45) is 17.8 Å². The Morgan fingerprint density at radius 2 is 1.90 bits per heavy atom. The summed E-state index contributed by atoms with van der Waals surface area (Å²) in [7, 11) is 1.54. The van der Waals surface area contributed by atoms with E-state index in [2.05, 4.69) is 24.5 Å². The SMILES string of the molecule is COCCN1C(=O)[C@@H]2C(CC(C)C)NC3(C(=O)Nc4c3ccc(C)c4C)[C@@H]2C1=O. The number of rotatable bonds is 5. The largest absolute Gasteiger partial charge is 0.383 e. The monoisotopic (exact) mass is 399 g/mol. The predicted octanol–water partition coefficient (Wildman–Crippen LogP) is 1.72. The van der Waals surface area contributed by atoms with Gasteiger partial charge < -0.3 is 10.1 Å². The lowest BCUT2D eigenvalue weighted by molar-refractivity contribution is -0.143. The maximum Gasteiger partial charge on any atom is 0.250 e. The number of hydrogen-bond acceptors (Lipinski definition) is 5. The van der Waals surface area contributed by atoms with E-state index in [1.807, 2.05) is 26.0 Å². The molecule has 2 saturated heterocycles. The van der Waals surface area contributed by atoms with Crippen LogP contribution in [0.15, 0.2) is 12.1 Å². The number of likely N-dealkylation sites (tertiary alicyclic amines) is 1. The van der Waals surface area contributed by atoms with Gasteiger partial charge in [-0.3, -0.25) is 24.6 Å². The summed E-state index contributed by atoms with van der Waals surface area (Å²) < 4.78 is 5.10. The van der Waals surface area contributed by atoms with Gasteiger partial charge in [0, 0.05) is 24.4 Å². The van der Waals surface area contributed by atoms with Crippen LogP contribution >= 0.6 is 0 Å². The number of aryl methyl sites for hydroxylation is 1. The highest BCUT2D eigenvalue weighted by atomic mass is 16.5. The summed E-state index contributed by atoms with van der Waals surface area (Å²) >= 11 is 0. The van der Waals surface area contributed by atoms with Crippen molar-refractivity contribution in [3.8, 4) is 0 Å². The highest BCUT2D eigenvalue weighted by molar-refractivity contribution is 6.15. The lowest BCUT2D eigenvalue weighted by atomic mass is 9.75. The molecule has 2 unspecified atom stereocenters. The molecule has 3 amide bonds. The molecule has 0 bridgehead atoms. The van der Waals surface area contributed by atoms with Crippen LogP contribution in [0.25, 0.3) is 0 Å². The molecule has 0 saturated carbocycles. The van der Waals surface area contributed by atoms with Crippen LogP contribution in [0, 0.1) is 31.6 Å². The van der Waals surface area contributed by atoms with Crippen molar-refractivity contribution in [1.82, 2.24) is 10.2 Å². The second-order valence-electron chi connectivity index (χ2n) is 8.90. The maximum absolute atomic E-state index is 13.4. The zero-order valence-corrected chi connectivity index (χ0v) is 17.7. The summed E-state index contributed by atoms with van der Waals surface area (Å²) in [6.07, 6.45) is 0.716. The Morgan fingerprint density at radius 3 is 2.55 bits per heavy atom. The predicted molar refractivity (Wildman–Crippen MR) is 108 cm³/mol. The molecular formula is C22H29N3O4. The van der Waals surface area contributed by atoms with Crippen molar-refractivity contribution in [2.45, 2.75) is 45.7 Å². The highest BCUT2D eigenvalue weighted by Gasteiger charge is 2.70. The smallest absolute Gasteiger partial charge is 0.250 e. The van der Waals surface area contributed by atoms with Crippen LogP contribution in [-0.2, 0) is 24.7 Å². The van der Waals surface area contributed by atoms with Crippen molar-refractivity contribution in [2.75, 3.05) is 25.6 Å². The summed E-state index contributed by atoms with van der Waals surface area (Å²) in [5.74, 6) is -1.67. The molecule has 3 heterocycles. The van der Waals surface area contributed by atoms with Crippen LogP contribution in [0.2, 0.25) is 0 Å². The van der Waals surface area contributed by atoms with Crippen LogP contribution in [0.3, 0.4) is 0 Å². The van der Waals surface area contributed by atoms with Crippen molar-refractivity contribution in [3.05, 3.63) is 28.8 Å². The van der Waals surface area contributed by atoms with Gasteiger partial charge in [-0.25, -0.2) is 0 Å². The number of methoxy groups -OCH3 is 1. The maximum atomic E-state index is 13.4. The average molecular weight is 399 g/mol. The Hall–Kier alpha value is -2.25. The van der Waals surface area contributed by atoms with Crippen molar-refractivity contribution in [1.29, 1.82) is 0 Å². The van der Waals surface area contributed by atoms with Crippen molar-refractivity contribution >= 4 is 23.4 Å².